The normalized spacial score (nSPS) is 11.0. The number of nitrogens with zero attached hydrogens (tertiary/aromatic N) is 1. The number of rotatable bonds is 6. The van der Waals surface area contributed by atoms with Gasteiger partial charge in [-0.1, -0.05) is 12.1 Å². The lowest BCUT2D eigenvalue weighted by molar-refractivity contribution is -0.387. The average Bonchev–Trinajstić information content (AvgIpc) is 2.58. The minimum atomic E-state index is -4.14. The van der Waals surface area contributed by atoms with Gasteiger partial charge in [0.05, 0.1) is 11.3 Å². The molecule has 0 fully saturated rings. The number of benzene rings is 2. The van der Waals surface area contributed by atoms with E-state index in [1.165, 1.54) is 31.3 Å². The Bertz CT molecular complexity index is 953. The van der Waals surface area contributed by atoms with Crippen LogP contribution in [0.15, 0.2) is 41.3 Å². The van der Waals surface area contributed by atoms with Crippen LogP contribution in [-0.2, 0) is 21.2 Å². The van der Waals surface area contributed by atoms with Gasteiger partial charge in [0.1, 0.15) is 0 Å². The average molecular weight is 377 g/mol. The molecule has 0 radical (unpaired) electrons. The zero-order valence-electron chi connectivity index (χ0n) is 14.6. The number of nitrogens with one attached hydrogen (secondary N) is 2. The third kappa shape index (κ3) is 4.37. The van der Waals surface area contributed by atoms with Gasteiger partial charge in [-0.25, -0.2) is 8.42 Å². The van der Waals surface area contributed by atoms with E-state index in [1.807, 2.05) is 0 Å². The number of carbonyl (C=O) groups excluding carboxylic acids is 1. The summed E-state index contributed by atoms with van der Waals surface area (Å²) in [7, 11) is -2.61. The fourth-order valence-corrected chi connectivity index (χ4v) is 3.60. The van der Waals surface area contributed by atoms with Crippen LogP contribution in [0.1, 0.15) is 16.7 Å². The lowest BCUT2D eigenvalue weighted by atomic mass is 10.1. The molecule has 0 unspecified atom stereocenters. The molecule has 0 aliphatic rings. The van der Waals surface area contributed by atoms with Crippen LogP contribution in [0.4, 0.5) is 11.4 Å². The molecular formula is C17H19N3O5S. The summed E-state index contributed by atoms with van der Waals surface area (Å²) in [5.74, 6) is -0.163. The summed E-state index contributed by atoms with van der Waals surface area (Å²) < 4.78 is 27.6. The number of hydrogen-bond acceptors (Lipinski definition) is 5. The predicted octanol–water partition coefficient (Wildman–Crippen LogP) is 2.30. The first-order valence-corrected chi connectivity index (χ1v) is 9.20. The molecule has 2 rings (SSSR count). The van der Waals surface area contributed by atoms with Gasteiger partial charge in [0.25, 0.3) is 15.7 Å². The summed E-state index contributed by atoms with van der Waals surface area (Å²) in [5.41, 5.74) is 1.76. The fraction of sp³-hybridized carbons (Fsp3) is 0.235. The molecule has 26 heavy (non-hydrogen) atoms. The molecule has 2 aromatic carbocycles. The van der Waals surface area contributed by atoms with E-state index < -0.39 is 20.6 Å². The summed E-state index contributed by atoms with van der Waals surface area (Å²) >= 11 is 0. The van der Waals surface area contributed by atoms with Crippen LogP contribution < -0.4 is 10.0 Å². The van der Waals surface area contributed by atoms with E-state index in [0.29, 0.717) is 16.7 Å². The first-order chi connectivity index (χ1) is 12.1. The van der Waals surface area contributed by atoms with Gasteiger partial charge in [0.15, 0.2) is 4.90 Å². The number of nitro groups is 1. The molecule has 0 aromatic heterocycles. The number of sulfonamides is 1. The monoisotopic (exact) mass is 377 g/mol. The molecule has 0 atom stereocenters. The number of hydrogen-bond donors (Lipinski definition) is 2. The summed E-state index contributed by atoms with van der Waals surface area (Å²) in [6.07, 6.45) is 0.173. The predicted molar refractivity (Wildman–Crippen MR) is 97.6 cm³/mol. The maximum atomic E-state index is 12.6. The number of likely N-dealkylation sites (N-methyl/N-ethyl adjacent to an activating group) is 1. The number of carbonyl (C=O) groups is 1. The van der Waals surface area contributed by atoms with E-state index in [2.05, 4.69) is 10.0 Å². The second kappa shape index (κ2) is 7.52. The second-order valence-electron chi connectivity index (χ2n) is 5.81. The molecule has 0 aliphatic carbocycles. The summed E-state index contributed by atoms with van der Waals surface area (Å²) in [6.45, 7) is 3.36. The van der Waals surface area contributed by atoms with Crippen LogP contribution >= 0.6 is 0 Å². The Kier molecular flexibility index (Phi) is 5.61. The van der Waals surface area contributed by atoms with E-state index in [4.69, 9.17) is 0 Å². The van der Waals surface area contributed by atoms with Crippen molar-refractivity contribution < 1.29 is 18.1 Å². The topological polar surface area (TPSA) is 118 Å². The van der Waals surface area contributed by atoms with Crippen LogP contribution in [0, 0.1) is 24.0 Å². The lowest BCUT2D eigenvalue weighted by Crippen LogP contribution is -2.20. The van der Waals surface area contributed by atoms with Gasteiger partial charge < -0.3 is 5.32 Å². The molecule has 1 amide bonds. The Morgan fingerprint density at radius 1 is 1.12 bits per heavy atom. The molecule has 0 bridgehead atoms. The van der Waals surface area contributed by atoms with Crippen LogP contribution in [0.25, 0.3) is 0 Å². The zero-order valence-corrected chi connectivity index (χ0v) is 15.4. The van der Waals surface area contributed by atoms with Crippen molar-refractivity contribution in [3.05, 3.63) is 63.2 Å². The van der Waals surface area contributed by atoms with Crippen LogP contribution in [0.3, 0.4) is 0 Å². The molecule has 0 aliphatic heterocycles. The Morgan fingerprint density at radius 3 is 2.23 bits per heavy atom. The summed E-state index contributed by atoms with van der Waals surface area (Å²) in [4.78, 5) is 21.5. The number of aryl methyl sites for hydroxylation is 2. The Morgan fingerprint density at radius 2 is 1.69 bits per heavy atom. The number of nitro benzene ring substituents is 1. The van der Waals surface area contributed by atoms with Crippen molar-refractivity contribution in [3.8, 4) is 0 Å². The largest absolute Gasteiger partial charge is 0.359 e. The van der Waals surface area contributed by atoms with Crippen molar-refractivity contribution in [1.29, 1.82) is 0 Å². The number of amides is 1. The molecule has 138 valence electrons. The van der Waals surface area contributed by atoms with Crippen LogP contribution in [-0.4, -0.2) is 26.3 Å². The van der Waals surface area contributed by atoms with Crippen molar-refractivity contribution >= 4 is 27.3 Å². The van der Waals surface area contributed by atoms with Gasteiger partial charge >= 0.3 is 0 Å². The van der Waals surface area contributed by atoms with Gasteiger partial charge in [-0.15, -0.1) is 0 Å². The third-order valence-electron chi connectivity index (χ3n) is 3.91. The minimum absolute atomic E-state index is 0.163. The molecule has 0 spiro atoms. The minimum Gasteiger partial charge on any atom is -0.359 e. The Balaban J connectivity index is 2.33. The third-order valence-corrected chi connectivity index (χ3v) is 5.32. The maximum absolute atomic E-state index is 12.6. The highest BCUT2D eigenvalue weighted by Crippen LogP contribution is 2.29. The van der Waals surface area contributed by atoms with Gasteiger partial charge in [-0.2, -0.15) is 0 Å². The Labute approximate surface area is 151 Å². The number of anilines is 1. The van der Waals surface area contributed by atoms with Crippen molar-refractivity contribution in [2.45, 2.75) is 25.2 Å². The van der Waals surface area contributed by atoms with Gasteiger partial charge in [0, 0.05) is 18.8 Å². The van der Waals surface area contributed by atoms with Crippen molar-refractivity contribution in [2.75, 3.05) is 11.8 Å². The van der Waals surface area contributed by atoms with Crippen LogP contribution in [0.5, 0.6) is 0 Å². The molecule has 8 nitrogen and oxygen atoms in total. The second-order valence-corrected chi connectivity index (χ2v) is 7.46. The molecule has 2 N–H and O–H groups in total. The van der Waals surface area contributed by atoms with Gasteiger partial charge in [0.2, 0.25) is 5.91 Å². The molecule has 2 aromatic rings. The standard InChI is InChI=1S/C17H19N3O5S/c1-11-8-15(20(22)23)16(9-12(11)2)26(24,25)19-14-6-4-13(5-7-14)10-17(21)18-3/h4-9,19H,10H2,1-3H3,(H,18,21). The van der Waals surface area contributed by atoms with Crippen molar-refractivity contribution in [2.24, 2.45) is 0 Å². The molecular weight excluding hydrogens is 358 g/mol. The fourth-order valence-electron chi connectivity index (χ4n) is 2.31. The molecule has 9 heteroatoms. The molecule has 0 saturated heterocycles. The quantitative estimate of drug-likeness (QED) is 0.591. The van der Waals surface area contributed by atoms with E-state index in [0.717, 1.165) is 0 Å². The smallest absolute Gasteiger partial charge is 0.290 e. The summed E-state index contributed by atoms with van der Waals surface area (Å²) in [5, 5.41) is 13.7. The highest BCUT2D eigenvalue weighted by atomic mass is 32.2. The van der Waals surface area contributed by atoms with E-state index in [1.54, 1.807) is 26.0 Å². The first-order valence-electron chi connectivity index (χ1n) is 7.72. The Hall–Kier alpha value is -2.94. The first kappa shape index (κ1) is 19.4. The highest BCUT2D eigenvalue weighted by molar-refractivity contribution is 7.92. The van der Waals surface area contributed by atoms with Gasteiger partial charge in [-0.05, 0) is 48.7 Å². The maximum Gasteiger partial charge on any atom is 0.290 e. The molecule has 0 saturated carbocycles. The molecule has 0 heterocycles. The zero-order chi connectivity index (χ0) is 19.5. The van der Waals surface area contributed by atoms with E-state index in [9.17, 15) is 23.3 Å². The van der Waals surface area contributed by atoms with Crippen molar-refractivity contribution in [3.63, 3.8) is 0 Å². The van der Waals surface area contributed by atoms with Crippen molar-refractivity contribution in [1.82, 2.24) is 5.32 Å². The van der Waals surface area contributed by atoms with E-state index in [-0.39, 0.29) is 22.9 Å². The highest BCUT2D eigenvalue weighted by Gasteiger charge is 2.27. The van der Waals surface area contributed by atoms with Crippen LogP contribution in [0.2, 0.25) is 0 Å². The summed E-state index contributed by atoms with van der Waals surface area (Å²) in [6, 6.07) is 8.77. The SMILES string of the molecule is CNC(=O)Cc1ccc(NS(=O)(=O)c2cc(C)c(C)cc2[N+](=O)[O-])cc1. The van der Waals surface area contributed by atoms with E-state index >= 15 is 0 Å². The van der Waals surface area contributed by atoms with Gasteiger partial charge in [-0.3, -0.25) is 19.6 Å². The lowest BCUT2D eigenvalue weighted by Gasteiger charge is -2.11.